The summed E-state index contributed by atoms with van der Waals surface area (Å²) >= 11 is 0. The van der Waals surface area contributed by atoms with Crippen LogP contribution in [0.25, 0.3) is 0 Å². The summed E-state index contributed by atoms with van der Waals surface area (Å²) in [5, 5.41) is 2.80. The van der Waals surface area contributed by atoms with Gasteiger partial charge in [-0.1, -0.05) is 6.07 Å². The van der Waals surface area contributed by atoms with E-state index in [0.717, 1.165) is 12.0 Å². The van der Waals surface area contributed by atoms with Gasteiger partial charge in [-0.15, -0.1) is 0 Å². The van der Waals surface area contributed by atoms with Crippen LogP contribution in [-0.4, -0.2) is 39.4 Å². The number of amides is 1. The van der Waals surface area contributed by atoms with E-state index in [0.29, 0.717) is 31.2 Å². The fraction of sp³-hybridized carbons (Fsp3) is 0.533. The first-order valence-corrected chi connectivity index (χ1v) is 6.92. The maximum atomic E-state index is 11.9. The number of methoxy groups -OCH3 is 2. The van der Waals surface area contributed by atoms with E-state index in [4.69, 9.17) is 19.9 Å². The molecule has 118 valence electrons. The predicted octanol–water partition coefficient (Wildman–Crippen LogP) is 1.07. The first kappa shape index (κ1) is 17.3. The van der Waals surface area contributed by atoms with E-state index in [-0.39, 0.29) is 5.91 Å². The normalized spacial score (nSPS) is 11.8. The largest absolute Gasteiger partial charge is 0.497 e. The van der Waals surface area contributed by atoms with Crippen molar-refractivity contribution < 1.29 is 19.0 Å². The lowest BCUT2D eigenvalue weighted by Crippen LogP contribution is -2.37. The minimum atomic E-state index is -0.607. The molecule has 0 aliphatic rings. The fourth-order valence-electron chi connectivity index (χ4n) is 1.76. The molecule has 1 atom stereocenters. The van der Waals surface area contributed by atoms with Gasteiger partial charge in [0.2, 0.25) is 0 Å². The van der Waals surface area contributed by atoms with E-state index < -0.39 is 6.10 Å². The molecule has 0 spiro atoms. The number of benzene rings is 1. The van der Waals surface area contributed by atoms with Crippen LogP contribution in [0.15, 0.2) is 18.2 Å². The predicted molar refractivity (Wildman–Crippen MR) is 80.5 cm³/mol. The Morgan fingerprint density at radius 1 is 1.38 bits per heavy atom. The van der Waals surface area contributed by atoms with Crippen molar-refractivity contribution in [1.82, 2.24) is 5.32 Å². The second-order valence-electron chi connectivity index (χ2n) is 4.58. The Balaban J connectivity index is 2.60. The highest BCUT2D eigenvalue weighted by molar-refractivity contribution is 5.80. The summed E-state index contributed by atoms with van der Waals surface area (Å²) in [6, 6.07) is 5.37. The fourth-order valence-corrected chi connectivity index (χ4v) is 1.76. The summed E-state index contributed by atoms with van der Waals surface area (Å²) in [5.74, 6) is 1.06. The highest BCUT2D eigenvalue weighted by Gasteiger charge is 2.16. The van der Waals surface area contributed by atoms with E-state index in [1.165, 1.54) is 0 Å². The van der Waals surface area contributed by atoms with Crippen LogP contribution >= 0.6 is 0 Å². The van der Waals surface area contributed by atoms with Crippen molar-refractivity contribution in [2.75, 3.05) is 27.4 Å². The third kappa shape index (κ3) is 5.61. The maximum absolute atomic E-state index is 11.9. The van der Waals surface area contributed by atoms with Gasteiger partial charge >= 0.3 is 0 Å². The molecule has 0 bridgehead atoms. The van der Waals surface area contributed by atoms with Crippen molar-refractivity contribution in [2.24, 2.45) is 5.73 Å². The standard InChI is InChI=1S/C15H24N2O4/c1-11(15(18)17-7-4-8-19-2)21-14-9-13(20-3)6-5-12(14)10-16/h5-6,9,11H,4,7-8,10,16H2,1-3H3,(H,17,18). The van der Waals surface area contributed by atoms with Crippen molar-refractivity contribution in [3.8, 4) is 11.5 Å². The zero-order chi connectivity index (χ0) is 15.7. The molecule has 1 aromatic rings. The van der Waals surface area contributed by atoms with Crippen LogP contribution in [0.2, 0.25) is 0 Å². The number of carbonyl (C=O) groups is 1. The van der Waals surface area contributed by atoms with Gasteiger partial charge in [0.15, 0.2) is 6.10 Å². The molecule has 0 saturated carbocycles. The molecule has 6 heteroatoms. The Morgan fingerprint density at radius 2 is 2.14 bits per heavy atom. The van der Waals surface area contributed by atoms with Gasteiger partial charge in [-0.2, -0.15) is 0 Å². The van der Waals surface area contributed by atoms with Crippen LogP contribution in [0.4, 0.5) is 0 Å². The zero-order valence-corrected chi connectivity index (χ0v) is 12.8. The molecule has 6 nitrogen and oxygen atoms in total. The van der Waals surface area contributed by atoms with Crippen LogP contribution in [0.1, 0.15) is 18.9 Å². The third-order valence-corrected chi connectivity index (χ3v) is 2.99. The zero-order valence-electron chi connectivity index (χ0n) is 12.8. The number of nitrogens with one attached hydrogen (secondary N) is 1. The molecular weight excluding hydrogens is 272 g/mol. The summed E-state index contributed by atoms with van der Waals surface area (Å²) < 4.78 is 15.8. The number of rotatable bonds is 9. The lowest BCUT2D eigenvalue weighted by Gasteiger charge is -2.17. The SMILES string of the molecule is COCCCNC(=O)C(C)Oc1cc(OC)ccc1CN. The lowest BCUT2D eigenvalue weighted by atomic mass is 10.2. The van der Waals surface area contributed by atoms with Crippen molar-refractivity contribution in [3.63, 3.8) is 0 Å². The third-order valence-electron chi connectivity index (χ3n) is 2.99. The Kier molecular flexibility index (Phi) is 7.56. The molecule has 0 saturated heterocycles. The topological polar surface area (TPSA) is 82.8 Å². The average Bonchev–Trinajstić information content (AvgIpc) is 2.51. The van der Waals surface area contributed by atoms with Gasteiger partial charge in [-0.05, 0) is 19.4 Å². The molecule has 3 N–H and O–H groups in total. The molecule has 0 aliphatic heterocycles. The van der Waals surface area contributed by atoms with E-state index in [2.05, 4.69) is 5.32 Å². The average molecular weight is 296 g/mol. The van der Waals surface area contributed by atoms with Gasteiger partial charge < -0.3 is 25.3 Å². The van der Waals surface area contributed by atoms with Gasteiger partial charge in [0.25, 0.3) is 5.91 Å². The lowest BCUT2D eigenvalue weighted by molar-refractivity contribution is -0.127. The van der Waals surface area contributed by atoms with Gasteiger partial charge in [-0.3, -0.25) is 4.79 Å². The van der Waals surface area contributed by atoms with Crippen molar-refractivity contribution in [3.05, 3.63) is 23.8 Å². The second-order valence-corrected chi connectivity index (χ2v) is 4.58. The number of ether oxygens (including phenoxy) is 3. The van der Waals surface area contributed by atoms with E-state index in [1.807, 2.05) is 12.1 Å². The summed E-state index contributed by atoms with van der Waals surface area (Å²) in [4.78, 5) is 11.9. The number of hydrogen-bond donors (Lipinski definition) is 2. The molecule has 0 heterocycles. The Labute approximate surface area is 125 Å². The van der Waals surface area contributed by atoms with Crippen LogP contribution in [0.5, 0.6) is 11.5 Å². The van der Waals surface area contributed by atoms with E-state index >= 15 is 0 Å². The molecule has 0 radical (unpaired) electrons. The minimum Gasteiger partial charge on any atom is -0.497 e. The number of hydrogen-bond acceptors (Lipinski definition) is 5. The molecule has 0 aromatic heterocycles. The van der Waals surface area contributed by atoms with Crippen molar-refractivity contribution in [2.45, 2.75) is 26.0 Å². The molecule has 0 fully saturated rings. The maximum Gasteiger partial charge on any atom is 0.260 e. The molecule has 0 aliphatic carbocycles. The molecular formula is C15H24N2O4. The van der Waals surface area contributed by atoms with Crippen molar-refractivity contribution in [1.29, 1.82) is 0 Å². The molecule has 1 unspecified atom stereocenters. The smallest absolute Gasteiger partial charge is 0.260 e. The highest BCUT2D eigenvalue weighted by atomic mass is 16.5. The van der Waals surface area contributed by atoms with Crippen LogP contribution in [-0.2, 0) is 16.1 Å². The van der Waals surface area contributed by atoms with Crippen molar-refractivity contribution >= 4 is 5.91 Å². The summed E-state index contributed by atoms with van der Waals surface area (Å²) in [6.07, 6.45) is 0.160. The highest BCUT2D eigenvalue weighted by Crippen LogP contribution is 2.25. The number of nitrogens with two attached hydrogens (primary N) is 1. The monoisotopic (exact) mass is 296 g/mol. The van der Waals surface area contributed by atoms with Gasteiger partial charge in [0.1, 0.15) is 11.5 Å². The molecule has 1 amide bonds. The minimum absolute atomic E-state index is 0.170. The van der Waals surface area contributed by atoms with Crippen LogP contribution < -0.4 is 20.5 Å². The summed E-state index contributed by atoms with van der Waals surface area (Å²) in [6.45, 7) is 3.21. The number of carbonyl (C=O) groups excluding carboxylic acids is 1. The van der Waals surface area contributed by atoms with Gasteiger partial charge in [-0.25, -0.2) is 0 Å². The quantitative estimate of drug-likeness (QED) is 0.666. The van der Waals surface area contributed by atoms with Crippen LogP contribution in [0.3, 0.4) is 0 Å². The van der Waals surface area contributed by atoms with E-state index in [1.54, 1.807) is 27.2 Å². The Bertz CT molecular complexity index is 451. The van der Waals surface area contributed by atoms with Gasteiger partial charge in [0.05, 0.1) is 7.11 Å². The molecule has 1 aromatic carbocycles. The molecule has 1 rings (SSSR count). The van der Waals surface area contributed by atoms with Gasteiger partial charge in [0, 0.05) is 38.4 Å². The first-order chi connectivity index (χ1) is 10.1. The van der Waals surface area contributed by atoms with Crippen LogP contribution in [0, 0.1) is 0 Å². The second kappa shape index (κ2) is 9.20. The first-order valence-electron chi connectivity index (χ1n) is 6.92. The Morgan fingerprint density at radius 3 is 2.76 bits per heavy atom. The summed E-state index contributed by atoms with van der Waals surface area (Å²) in [7, 11) is 3.21. The van der Waals surface area contributed by atoms with E-state index in [9.17, 15) is 4.79 Å². The molecule has 21 heavy (non-hydrogen) atoms. The Hall–Kier alpha value is -1.79. The summed E-state index contributed by atoms with van der Waals surface area (Å²) in [5.41, 5.74) is 6.50.